The highest BCUT2D eigenvalue weighted by Gasteiger charge is 2.04. The van der Waals surface area contributed by atoms with Crippen molar-refractivity contribution in [1.82, 2.24) is 0 Å². The minimum absolute atomic E-state index is 0.316. The fraction of sp³-hybridized carbons (Fsp3) is 0.769. The van der Waals surface area contributed by atoms with Gasteiger partial charge in [-0.2, -0.15) is 0 Å². The summed E-state index contributed by atoms with van der Waals surface area (Å²) in [6.07, 6.45) is 11.4. The second-order valence-corrected chi connectivity index (χ2v) is 4.07. The van der Waals surface area contributed by atoms with Gasteiger partial charge in [0.25, 0.3) is 0 Å². The maximum atomic E-state index is 10.3. The number of aliphatic carboxylic acids is 1. The van der Waals surface area contributed by atoms with Crippen LogP contribution < -0.4 is 0 Å². The first-order valence-corrected chi connectivity index (χ1v) is 6.05. The first kappa shape index (κ1) is 14.2. The number of carboxylic acid groups (broad SMARTS) is 1. The molecule has 0 aromatic heterocycles. The van der Waals surface area contributed by atoms with Crippen LogP contribution in [0.1, 0.15) is 58.8 Å². The number of carbonyl (C=O) groups is 1. The van der Waals surface area contributed by atoms with Gasteiger partial charge < -0.3 is 5.11 Å². The van der Waals surface area contributed by atoms with Gasteiger partial charge >= 0.3 is 5.97 Å². The van der Waals surface area contributed by atoms with E-state index in [0.29, 0.717) is 12.3 Å². The summed E-state index contributed by atoms with van der Waals surface area (Å²) in [6, 6.07) is 0. The lowest BCUT2D eigenvalue weighted by atomic mass is 9.95. The van der Waals surface area contributed by atoms with Crippen molar-refractivity contribution in [1.29, 1.82) is 0 Å². The Labute approximate surface area is 93.4 Å². The van der Waals surface area contributed by atoms with Gasteiger partial charge in [-0.25, -0.2) is 0 Å². The Balaban J connectivity index is 3.61. The molecule has 1 atom stereocenters. The zero-order valence-electron chi connectivity index (χ0n) is 10.0. The third-order valence-corrected chi connectivity index (χ3v) is 2.61. The smallest absolute Gasteiger partial charge is 0.303 e. The van der Waals surface area contributed by atoms with Crippen LogP contribution in [0.15, 0.2) is 12.2 Å². The molecular weight excluding hydrogens is 188 g/mol. The Hall–Kier alpha value is -0.790. The molecule has 1 unspecified atom stereocenters. The van der Waals surface area contributed by atoms with Gasteiger partial charge in [0.05, 0.1) is 0 Å². The van der Waals surface area contributed by atoms with Crippen molar-refractivity contribution in [2.75, 3.05) is 0 Å². The van der Waals surface area contributed by atoms with Crippen molar-refractivity contribution in [3.63, 3.8) is 0 Å². The Kier molecular flexibility index (Phi) is 9.24. The van der Waals surface area contributed by atoms with E-state index in [0.717, 1.165) is 19.3 Å². The Morgan fingerprint density at radius 3 is 2.47 bits per heavy atom. The summed E-state index contributed by atoms with van der Waals surface area (Å²) >= 11 is 0. The van der Waals surface area contributed by atoms with Crippen LogP contribution in [0, 0.1) is 5.92 Å². The quantitative estimate of drug-likeness (QED) is 0.463. The fourth-order valence-corrected chi connectivity index (χ4v) is 1.76. The van der Waals surface area contributed by atoms with Crippen LogP contribution in [-0.2, 0) is 4.79 Å². The highest BCUT2D eigenvalue weighted by Crippen LogP contribution is 2.18. The molecular formula is C13H24O2. The normalized spacial score (nSPS) is 13.2. The summed E-state index contributed by atoms with van der Waals surface area (Å²) in [4.78, 5) is 10.3. The van der Waals surface area contributed by atoms with Crippen LogP contribution in [0.25, 0.3) is 0 Å². The van der Waals surface area contributed by atoms with E-state index in [1.165, 1.54) is 19.3 Å². The molecule has 0 spiro atoms. The van der Waals surface area contributed by atoms with Crippen LogP contribution in [0.4, 0.5) is 0 Å². The Morgan fingerprint density at radius 1 is 1.27 bits per heavy atom. The van der Waals surface area contributed by atoms with E-state index in [2.05, 4.69) is 26.0 Å². The van der Waals surface area contributed by atoms with Crippen LogP contribution in [0.3, 0.4) is 0 Å². The predicted octanol–water partition coefficient (Wildman–Crippen LogP) is 4.01. The van der Waals surface area contributed by atoms with Crippen molar-refractivity contribution in [2.24, 2.45) is 5.92 Å². The number of unbranched alkanes of at least 4 members (excludes halogenated alkanes) is 2. The van der Waals surface area contributed by atoms with Crippen LogP contribution in [-0.4, -0.2) is 11.1 Å². The lowest BCUT2D eigenvalue weighted by Gasteiger charge is -2.11. The largest absolute Gasteiger partial charge is 0.481 e. The molecule has 0 bridgehead atoms. The summed E-state index contributed by atoms with van der Waals surface area (Å²) in [5.41, 5.74) is 0. The molecule has 0 aliphatic rings. The molecule has 1 N–H and O–H groups in total. The third kappa shape index (κ3) is 9.51. The summed E-state index contributed by atoms with van der Waals surface area (Å²) in [5.74, 6) is -0.0186. The molecule has 0 fully saturated rings. The van der Waals surface area contributed by atoms with Crippen LogP contribution in [0.2, 0.25) is 0 Å². The lowest BCUT2D eigenvalue weighted by molar-refractivity contribution is -0.137. The summed E-state index contributed by atoms with van der Waals surface area (Å²) in [6.45, 7) is 4.26. The minimum Gasteiger partial charge on any atom is -0.481 e. The Morgan fingerprint density at radius 2 is 1.93 bits per heavy atom. The van der Waals surface area contributed by atoms with E-state index in [1.807, 2.05) is 0 Å². The number of hydrogen-bond acceptors (Lipinski definition) is 1. The second-order valence-electron chi connectivity index (χ2n) is 4.07. The van der Waals surface area contributed by atoms with Gasteiger partial charge in [-0.05, 0) is 32.1 Å². The van der Waals surface area contributed by atoms with Gasteiger partial charge in [-0.15, -0.1) is 0 Å². The average molecular weight is 212 g/mol. The topological polar surface area (TPSA) is 37.3 Å². The molecule has 0 rings (SSSR count). The fourth-order valence-electron chi connectivity index (χ4n) is 1.76. The highest BCUT2D eigenvalue weighted by atomic mass is 16.4. The molecule has 15 heavy (non-hydrogen) atoms. The number of rotatable bonds is 9. The number of carboxylic acids is 1. The molecule has 0 aromatic carbocycles. The van der Waals surface area contributed by atoms with E-state index >= 15 is 0 Å². The molecule has 88 valence electrons. The predicted molar refractivity (Wildman–Crippen MR) is 63.9 cm³/mol. The van der Waals surface area contributed by atoms with Gasteiger partial charge in [0.1, 0.15) is 0 Å². The van der Waals surface area contributed by atoms with Crippen molar-refractivity contribution in [3.8, 4) is 0 Å². The molecule has 0 saturated carbocycles. The van der Waals surface area contributed by atoms with Gasteiger partial charge in [0.15, 0.2) is 0 Å². The monoisotopic (exact) mass is 212 g/mol. The van der Waals surface area contributed by atoms with E-state index in [1.54, 1.807) is 0 Å². The van der Waals surface area contributed by atoms with Crippen molar-refractivity contribution >= 4 is 5.97 Å². The molecule has 0 aliphatic heterocycles. The van der Waals surface area contributed by atoms with E-state index in [9.17, 15) is 4.79 Å². The highest BCUT2D eigenvalue weighted by molar-refractivity contribution is 5.66. The maximum absolute atomic E-state index is 10.3. The standard InChI is InChI=1S/C13H24O2/c1-3-5-9-12(8-4-2)10-6-7-11-13(14)15/h4,8,12H,3,5-7,9-11H2,1-2H3,(H,14,15). The first-order valence-electron chi connectivity index (χ1n) is 6.05. The van der Waals surface area contributed by atoms with Gasteiger partial charge in [-0.1, -0.05) is 38.3 Å². The van der Waals surface area contributed by atoms with Crippen molar-refractivity contribution < 1.29 is 9.90 Å². The SMILES string of the molecule is CC=CC(CCCC)CCCCC(=O)O. The average Bonchev–Trinajstić information content (AvgIpc) is 2.20. The first-order chi connectivity index (χ1) is 7.20. The summed E-state index contributed by atoms with van der Waals surface area (Å²) < 4.78 is 0. The van der Waals surface area contributed by atoms with Crippen molar-refractivity contribution in [3.05, 3.63) is 12.2 Å². The maximum Gasteiger partial charge on any atom is 0.303 e. The van der Waals surface area contributed by atoms with Crippen LogP contribution >= 0.6 is 0 Å². The van der Waals surface area contributed by atoms with E-state index < -0.39 is 5.97 Å². The van der Waals surface area contributed by atoms with Crippen molar-refractivity contribution in [2.45, 2.75) is 58.8 Å². The molecule has 2 heteroatoms. The molecule has 0 amide bonds. The van der Waals surface area contributed by atoms with E-state index in [4.69, 9.17) is 5.11 Å². The molecule has 0 radical (unpaired) electrons. The van der Waals surface area contributed by atoms with Gasteiger partial charge in [0, 0.05) is 6.42 Å². The third-order valence-electron chi connectivity index (χ3n) is 2.61. The summed E-state index contributed by atoms with van der Waals surface area (Å²) in [5, 5.41) is 8.51. The molecule has 0 aromatic rings. The molecule has 0 saturated heterocycles. The van der Waals surface area contributed by atoms with Gasteiger partial charge in [0.2, 0.25) is 0 Å². The minimum atomic E-state index is -0.675. The van der Waals surface area contributed by atoms with Crippen LogP contribution in [0.5, 0.6) is 0 Å². The molecule has 2 nitrogen and oxygen atoms in total. The number of hydrogen-bond donors (Lipinski definition) is 1. The second kappa shape index (κ2) is 9.75. The Bertz CT molecular complexity index is 185. The number of allylic oxidation sites excluding steroid dienone is 2. The zero-order chi connectivity index (χ0) is 11.5. The molecule has 0 aliphatic carbocycles. The lowest BCUT2D eigenvalue weighted by Crippen LogP contribution is -1.99. The summed E-state index contributed by atoms with van der Waals surface area (Å²) in [7, 11) is 0. The zero-order valence-corrected chi connectivity index (χ0v) is 10.0. The molecule has 0 heterocycles. The van der Waals surface area contributed by atoms with Gasteiger partial charge in [-0.3, -0.25) is 4.79 Å². The van der Waals surface area contributed by atoms with E-state index in [-0.39, 0.29) is 0 Å².